The fourth-order valence-corrected chi connectivity index (χ4v) is 3.15. The summed E-state index contributed by atoms with van der Waals surface area (Å²) in [5.41, 5.74) is 0.505. The number of hydrogen-bond acceptors (Lipinski definition) is 2. The maximum atomic E-state index is 12.6. The summed E-state index contributed by atoms with van der Waals surface area (Å²) >= 11 is 0. The largest absolute Gasteiger partial charge is 0.302 e. The van der Waals surface area contributed by atoms with Crippen LogP contribution in [0, 0.1) is 5.41 Å². The number of carbonyl (C=O) groups excluding carboxylic acids is 1. The minimum absolute atomic E-state index is 0.248. The molecular formula is C17H25NO. The van der Waals surface area contributed by atoms with Gasteiger partial charge in [0.15, 0.2) is 5.78 Å². The van der Waals surface area contributed by atoms with Gasteiger partial charge in [0.05, 0.1) is 0 Å². The van der Waals surface area contributed by atoms with Crippen molar-refractivity contribution in [2.75, 3.05) is 13.6 Å². The van der Waals surface area contributed by atoms with Crippen molar-refractivity contribution in [3.63, 3.8) is 0 Å². The highest BCUT2D eigenvalue weighted by molar-refractivity contribution is 6.00. The van der Waals surface area contributed by atoms with E-state index >= 15 is 0 Å². The predicted octanol–water partition coefficient (Wildman–Crippen LogP) is 3.77. The molecule has 0 bridgehead atoms. The number of Topliss-reactive ketones (excluding diaryl/α,β-unsaturated/α-hetero) is 1. The van der Waals surface area contributed by atoms with Crippen LogP contribution in [0.15, 0.2) is 30.3 Å². The van der Waals surface area contributed by atoms with Crippen molar-refractivity contribution in [2.24, 2.45) is 5.41 Å². The quantitative estimate of drug-likeness (QED) is 0.750. The van der Waals surface area contributed by atoms with Gasteiger partial charge < -0.3 is 4.90 Å². The van der Waals surface area contributed by atoms with Gasteiger partial charge in [-0.25, -0.2) is 0 Å². The summed E-state index contributed by atoms with van der Waals surface area (Å²) in [6.45, 7) is 4.97. The highest BCUT2D eigenvalue weighted by Crippen LogP contribution is 2.28. The predicted molar refractivity (Wildman–Crippen MR) is 79.4 cm³/mol. The van der Waals surface area contributed by atoms with Crippen molar-refractivity contribution in [3.05, 3.63) is 35.9 Å². The molecule has 0 N–H and O–H groups in total. The smallest absolute Gasteiger partial charge is 0.169 e. The second-order valence-electron chi connectivity index (χ2n) is 6.43. The third kappa shape index (κ3) is 3.44. The zero-order valence-corrected chi connectivity index (χ0v) is 12.4. The third-order valence-corrected chi connectivity index (χ3v) is 4.24. The molecule has 0 aromatic heterocycles. The van der Waals surface area contributed by atoms with Crippen molar-refractivity contribution in [1.29, 1.82) is 0 Å². The first-order chi connectivity index (χ1) is 9.00. The Kier molecular flexibility index (Phi) is 4.41. The second-order valence-corrected chi connectivity index (χ2v) is 6.43. The molecule has 2 rings (SSSR count). The molecular weight excluding hydrogens is 234 g/mol. The summed E-state index contributed by atoms with van der Waals surface area (Å²) in [6, 6.07) is 10.3. The van der Waals surface area contributed by atoms with E-state index in [1.54, 1.807) is 0 Å². The molecule has 1 aromatic carbocycles. The summed E-state index contributed by atoms with van der Waals surface area (Å²) in [5.74, 6) is 0.248. The molecule has 0 spiro atoms. The number of hydrogen-bond donors (Lipinski definition) is 0. The van der Waals surface area contributed by atoms with Gasteiger partial charge in [0, 0.05) is 23.6 Å². The molecule has 19 heavy (non-hydrogen) atoms. The summed E-state index contributed by atoms with van der Waals surface area (Å²) in [4.78, 5) is 15.0. The molecule has 0 unspecified atom stereocenters. The topological polar surface area (TPSA) is 20.3 Å². The zero-order valence-electron chi connectivity index (χ0n) is 12.4. The average Bonchev–Trinajstić information content (AvgIpc) is 2.92. The normalized spacial score (nSPS) is 17.1. The van der Waals surface area contributed by atoms with Gasteiger partial charge >= 0.3 is 0 Å². The zero-order chi connectivity index (χ0) is 13.9. The van der Waals surface area contributed by atoms with Gasteiger partial charge in [-0.3, -0.25) is 4.79 Å². The monoisotopic (exact) mass is 259 g/mol. The minimum Gasteiger partial charge on any atom is -0.302 e. The molecule has 1 saturated carbocycles. The summed E-state index contributed by atoms with van der Waals surface area (Å²) in [6.07, 6.45) is 5.24. The van der Waals surface area contributed by atoms with Crippen molar-refractivity contribution in [1.82, 2.24) is 4.90 Å². The van der Waals surface area contributed by atoms with Gasteiger partial charge in [0.1, 0.15) is 0 Å². The molecule has 0 heterocycles. The Bertz CT molecular complexity index is 418. The lowest BCUT2D eigenvalue weighted by atomic mass is 9.83. The van der Waals surface area contributed by atoms with Crippen LogP contribution in [0.4, 0.5) is 0 Å². The molecule has 0 aliphatic heterocycles. The van der Waals surface area contributed by atoms with Crippen LogP contribution in [0.3, 0.4) is 0 Å². The Morgan fingerprint density at radius 2 is 1.79 bits per heavy atom. The lowest BCUT2D eigenvalue weighted by Crippen LogP contribution is -2.41. The van der Waals surface area contributed by atoms with E-state index < -0.39 is 0 Å². The van der Waals surface area contributed by atoms with Gasteiger partial charge in [0.25, 0.3) is 0 Å². The van der Waals surface area contributed by atoms with Crippen molar-refractivity contribution in [3.8, 4) is 0 Å². The summed E-state index contributed by atoms with van der Waals surface area (Å²) < 4.78 is 0. The minimum atomic E-state index is -0.321. The maximum Gasteiger partial charge on any atom is 0.169 e. The van der Waals surface area contributed by atoms with E-state index in [-0.39, 0.29) is 11.2 Å². The maximum absolute atomic E-state index is 12.6. The molecule has 104 valence electrons. The van der Waals surface area contributed by atoms with Crippen molar-refractivity contribution < 1.29 is 4.79 Å². The Labute approximate surface area is 116 Å². The van der Waals surface area contributed by atoms with E-state index in [4.69, 9.17) is 0 Å². The van der Waals surface area contributed by atoms with Gasteiger partial charge in [-0.2, -0.15) is 0 Å². The molecule has 0 atom stereocenters. The van der Waals surface area contributed by atoms with E-state index in [9.17, 15) is 4.79 Å². The first kappa shape index (κ1) is 14.3. The Balaban J connectivity index is 2.03. The van der Waals surface area contributed by atoms with E-state index in [0.29, 0.717) is 6.04 Å². The Hall–Kier alpha value is -1.15. The number of nitrogens with zero attached hydrogens (tertiary/aromatic N) is 1. The first-order valence-electron chi connectivity index (χ1n) is 7.31. The first-order valence-corrected chi connectivity index (χ1v) is 7.31. The van der Waals surface area contributed by atoms with Crippen molar-refractivity contribution >= 4 is 5.78 Å². The SMILES string of the molecule is CN(CC(C)(C)C(=O)c1ccccc1)C1CCCC1. The molecule has 1 fully saturated rings. The number of rotatable bonds is 5. The molecule has 0 amide bonds. The van der Waals surface area contributed by atoms with Crippen LogP contribution in [-0.4, -0.2) is 30.3 Å². The number of carbonyl (C=O) groups is 1. The molecule has 1 aromatic rings. The van der Waals surface area contributed by atoms with Crippen LogP contribution in [0.1, 0.15) is 49.9 Å². The van der Waals surface area contributed by atoms with Crippen LogP contribution in [-0.2, 0) is 0 Å². The standard InChI is InChI=1S/C17H25NO/c1-17(2,13-18(3)15-11-7-8-12-15)16(19)14-9-5-4-6-10-14/h4-6,9-10,15H,7-8,11-13H2,1-3H3. The van der Waals surface area contributed by atoms with Gasteiger partial charge in [-0.1, -0.05) is 57.0 Å². The summed E-state index contributed by atoms with van der Waals surface area (Å²) in [7, 11) is 2.16. The van der Waals surface area contributed by atoms with Crippen LogP contribution in [0.5, 0.6) is 0 Å². The molecule has 0 saturated heterocycles. The second kappa shape index (κ2) is 5.87. The molecule has 1 aliphatic carbocycles. The van der Waals surface area contributed by atoms with Crippen LogP contribution in [0.25, 0.3) is 0 Å². The van der Waals surface area contributed by atoms with Gasteiger partial charge in [-0.05, 0) is 19.9 Å². The molecule has 0 radical (unpaired) electrons. The Morgan fingerprint density at radius 1 is 1.21 bits per heavy atom. The van der Waals surface area contributed by atoms with Gasteiger partial charge in [-0.15, -0.1) is 0 Å². The van der Waals surface area contributed by atoms with E-state index in [1.807, 2.05) is 30.3 Å². The highest BCUT2D eigenvalue weighted by atomic mass is 16.1. The highest BCUT2D eigenvalue weighted by Gasteiger charge is 2.32. The van der Waals surface area contributed by atoms with E-state index in [1.165, 1.54) is 25.7 Å². The number of benzene rings is 1. The lowest BCUT2D eigenvalue weighted by molar-refractivity contribution is 0.0751. The van der Waals surface area contributed by atoms with E-state index in [0.717, 1.165) is 12.1 Å². The third-order valence-electron chi connectivity index (χ3n) is 4.24. The lowest BCUT2D eigenvalue weighted by Gasteiger charge is -2.32. The number of ketones is 1. The van der Waals surface area contributed by atoms with Crippen LogP contribution in [0.2, 0.25) is 0 Å². The fraction of sp³-hybridized carbons (Fsp3) is 0.588. The molecule has 2 nitrogen and oxygen atoms in total. The van der Waals surface area contributed by atoms with Crippen molar-refractivity contribution in [2.45, 2.75) is 45.6 Å². The van der Waals surface area contributed by atoms with Crippen LogP contribution >= 0.6 is 0 Å². The average molecular weight is 259 g/mol. The Morgan fingerprint density at radius 3 is 2.37 bits per heavy atom. The van der Waals surface area contributed by atoms with Gasteiger partial charge in [0.2, 0.25) is 0 Å². The molecule has 1 aliphatic rings. The fourth-order valence-electron chi connectivity index (χ4n) is 3.15. The van der Waals surface area contributed by atoms with Crippen LogP contribution < -0.4 is 0 Å². The van der Waals surface area contributed by atoms with E-state index in [2.05, 4.69) is 25.8 Å². The summed E-state index contributed by atoms with van der Waals surface area (Å²) in [5, 5.41) is 0. The molecule has 2 heteroatoms.